The molecule has 0 aliphatic heterocycles. The largest absolute Gasteiger partial charge is 0.497 e. The number of aromatic nitrogens is 2. The third kappa shape index (κ3) is 6.32. The Labute approximate surface area is 185 Å². The van der Waals surface area contributed by atoms with Gasteiger partial charge in [0, 0.05) is 23.6 Å². The number of hydrogen-bond donors (Lipinski definition) is 1. The van der Waals surface area contributed by atoms with E-state index >= 15 is 0 Å². The minimum absolute atomic E-state index is 0.0376. The number of benzene rings is 1. The molecule has 2 rings (SSSR count). The molecule has 31 heavy (non-hydrogen) atoms. The van der Waals surface area contributed by atoms with Gasteiger partial charge in [0.15, 0.2) is 0 Å². The summed E-state index contributed by atoms with van der Waals surface area (Å²) < 4.78 is 7.05. The SMILES string of the molecule is CCCN(CC(=O)Nc1cc(C(C)(C)C)nn1C(C)(C)C)C(=O)c1cccc(OC)c1. The molecule has 0 radical (unpaired) electrons. The van der Waals surface area contributed by atoms with Gasteiger partial charge < -0.3 is 15.0 Å². The lowest BCUT2D eigenvalue weighted by Gasteiger charge is -2.24. The molecule has 0 fully saturated rings. The molecule has 0 spiro atoms. The molecule has 2 aromatic rings. The molecule has 0 saturated carbocycles. The van der Waals surface area contributed by atoms with E-state index in [-0.39, 0.29) is 29.3 Å². The summed E-state index contributed by atoms with van der Waals surface area (Å²) in [6.45, 7) is 14.8. The van der Waals surface area contributed by atoms with Crippen LogP contribution in [0.25, 0.3) is 0 Å². The Morgan fingerprint density at radius 2 is 1.81 bits per heavy atom. The lowest BCUT2D eigenvalue weighted by atomic mass is 9.92. The van der Waals surface area contributed by atoms with Crippen molar-refractivity contribution in [2.75, 3.05) is 25.5 Å². The molecule has 1 aromatic heterocycles. The second-order valence-corrected chi connectivity index (χ2v) is 9.75. The molecule has 0 unspecified atom stereocenters. The van der Waals surface area contributed by atoms with E-state index in [1.54, 1.807) is 36.3 Å². The Morgan fingerprint density at radius 3 is 2.35 bits per heavy atom. The predicted octanol–water partition coefficient (Wildman–Crippen LogP) is 4.44. The van der Waals surface area contributed by atoms with E-state index in [9.17, 15) is 9.59 Å². The van der Waals surface area contributed by atoms with Crippen molar-refractivity contribution < 1.29 is 14.3 Å². The summed E-state index contributed by atoms with van der Waals surface area (Å²) in [5, 5.41) is 7.70. The Balaban J connectivity index is 2.24. The number of nitrogens with zero attached hydrogens (tertiary/aromatic N) is 3. The maximum absolute atomic E-state index is 13.0. The zero-order chi connectivity index (χ0) is 23.4. The van der Waals surface area contributed by atoms with Crippen LogP contribution in [0.1, 0.15) is 70.9 Å². The van der Waals surface area contributed by atoms with Gasteiger partial charge in [-0.2, -0.15) is 5.10 Å². The van der Waals surface area contributed by atoms with E-state index in [0.29, 0.717) is 23.7 Å². The summed E-state index contributed by atoms with van der Waals surface area (Å²) in [7, 11) is 1.56. The molecule has 1 N–H and O–H groups in total. The minimum atomic E-state index is -0.300. The molecule has 7 nitrogen and oxygen atoms in total. The fraction of sp³-hybridized carbons (Fsp3) is 0.542. The molecule has 1 heterocycles. The van der Waals surface area contributed by atoms with Gasteiger partial charge in [0.05, 0.1) is 18.3 Å². The third-order valence-electron chi connectivity index (χ3n) is 4.81. The fourth-order valence-corrected chi connectivity index (χ4v) is 3.16. The summed E-state index contributed by atoms with van der Waals surface area (Å²) >= 11 is 0. The monoisotopic (exact) mass is 428 g/mol. The topological polar surface area (TPSA) is 76.5 Å². The van der Waals surface area contributed by atoms with Gasteiger partial charge in [-0.3, -0.25) is 9.59 Å². The van der Waals surface area contributed by atoms with Gasteiger partial charge in [-0.15, -0.1) is 0 Å². The van der Waals surface area contributed by atoms with Crippen molar-refractivity contribution in [2.24, 2.45) is 0 Å². The van der Waals surface area contributed by atoms with Crippen LogP contribution in [0.15, 0.2) is 30.3 Å². The normalized spacial score (nSPS) is 11.9. The fourth-order valence-electron chi connectivity index (χ4n) is 3.16. The first-order valence-corrected chi connectivity index (χ1v) is 10.7. The molecule has 2 amide bonds. The first kappa shape index (κ1) is 24.4. The van der Waals surface area contributed by atoms with E-state index in [4.69, 9.17) is 9.84 Å². The third-order valence-corrected chi connectivity index (χ3v) is 4.81. The van der Waals surface area contributed by atoms with Crippen molar-refractivity contribution in [1.29, 1.82) is 0 Å². The molecule has 0 atom stereocenters. The smallest absolute Gasteiger partial charge is 0.254 e. The number of carbonyl (C=O) groups is 2. The quantitative estimate of drug-likeness (QED) is 0.708. The van der Waals surface area contributed by atoms with Crippen LogP contribution in [0.4, 0.5) is 5.82 Å². The van der Waals surface area contributed by atoms with Crippen LogP contribution in [0, 0.1) is 0 Å². The Morgan fingerprint density at radius 1 is 1.13 bits per heavy atom. The second-order valence-electron chi connectivity index (χ2n) is 9.75. The molecule has 7 heteroatoms. The molecule has 1 aromatic carbocycles. The number of anilines is 1. The van der Waals surface area contributed by atoms with E-state index in [0.717, 1.165) is 12.1 Å². The van der Waals surface area contributed by atoms with Crippen LogP contribution in [-0.4, -0.2) is 46.7 Å². The average Bonchev–Trinajstić information content (AvgIpc) is 3.11. The van der Waals surface area contributed by atoms with Crippen molar-refractivity contribution in [2.45, 2.75) is 65.8 Å². The van der Waals surface area contributed by atoms with Crippen LogP contribution in [-0.2, 0) is 15.7 Å². The Bertz CT molecular complexity index is 920. The van der Waals surface area contributed by atoms with Crippen LogP contribution in [0.2, 0.25) is 0 Å². The second kappa shape index (κ2) is 9.54. The Kier molecular flexibility index (Phi) is 7.52. The highest BCUT2D eigenvalue weighted by Crippen LogP contribution is 2.28. The van der Waals surface area contributed by atoms with Crippen molar-refractivity contribution in [1.82, 2.24) is 14.7 Å². The van der Waals surface area contributed by atoms with Crippen molar-refractivity contribution >= 4 is 17.6 Å². The van der Waals surface area contributed by atoms with E-state index < -0.39 is 0 Å². The zero-order valence-electron chi connectivity index (χ0n) is 20.1. The first-order chi connectivity index (χ1) is 14.4. The van der Waals surface area contributed by atoms with Gasteiger partial charge in [-0.1, -0.05) is 33.8 Å². The number of methoxy groups -OCH3 is 1. The predicted molar refractivity (Wildman–Crippen MR) is 124 cm³/mol. The van der Waals surface area contributed by atoms with E-state index in [2.05, 4.69) is 26.1 Å². The molecule has 0 aliphatic carbocycles. The summed E-state index contributed by atoms with van der Waals surface area (Å²) in [6.07, 6.45) is 0.747. The molecule has 0 saturated heterocycles. The number of amides is 2. The zero-order valence-corrected chi connectivity index (χ0v) is 20.1. The molecule has 0 bridgehead atoms. The maximum Gasteiger partial charge on any atom is 0.254 e. The highest BCUT2D eigenvalue weighted by atomic mass is 16.5. The summed E-state index contributed by atoms with van der Waals surface area (Å²) in [5.74, 6) is 0.786. The van der Waals surface area contributed by atoms with Crippen molar-refractivity contribution in [3.05, 3.63) is 41.6 Å². The summed E-state index contributed by atoms with van der Waals surface area (Å²) in [5.41, 5.74) is 0.948. The van der Waals surface area contributed by atoms with Crippen molar-refractivity contribution in [3.63, 3.8) is 0 Å². The average molecular weight is 429 g/mol. The lowest BCUT2D eigenvalue weighted by molar-refractivity contribution is -0.117. The van der Waals surface area contributed by atoms with Gasteiger partial charge in [-0.05, 0) is 45.4 Å². The minimum Gasteiger partial charge on any atom is -0.497 e. The first-order valence-electron chi connectivity index (χ1n) is 10.7. The highest BCUT2D eigenvalue weighted by Gasteiger charge is 2.26. The molecular formula is C24H36N4O3. The molecule has 0 aliphatic rings. The number of rotatable bonds is 7. The van der Waals surface area contributed by atoms with Crippen LogP contribution < -0.4 is 10.1 Å². The lowest BCUT2D eigenvalue weighted by Crippen LogP contribution is -2.39. The maximum atomic E-state index is 13.0. The van der Waals surface area contributed by atoms with Gasteiger partial charge in [-0.25, -0.2) is 4.68 Å². The molecular weight excluding hydrogens is 392 g/mol. The number of hydrogen-bond acceptors (Lipinski definition) is 4. The van der Waals surface area contributed by atoms with Crippen LogP contribution in [0.5, 0.6) is 5.75 Å². The number of carbonyl (C=O) groups excluding carboxylic acids is 2. The summed E-state index contributed by atoms with van der Waals surface area (Å²) in [6, 6.07) is 8.89. The standard InChI is InChI=1S/C24H36N4O3/c1-9-13-27(22(30)17-11-10-12-18(14-17)31-8)16-21(29)25-20-15-19(23(2,3)4)26-28(20)24(5,6)7/h10-12,14-15H,9,13,16H2,1-8H3,(H,25,29). The van der Waals surface area contributed by atoms with E-state index in [1.807, 2.05) is 38.4 Å². The van der Waals surface area contributed by atoms with E-state index in [1.165, 1.54) is 0 Å². The van der Waals surface area contributed by atoms with Gasteiger partial charge >= 0.3 is 0 Å². The number of ether oxygens (including phenoxy) is 1. The van der Waals surface area contributed by atoms with Crippen LogP contribution in [0.3, 0.4) is 0 Å². The van der Waals surface area contributed by atoms with Gasteiger partial charge in [0.2, 0.25) is 5.91 Å². The highest BCUT2D eigenvalue weighted by molar-refractivity contribution is 5.99. The van der Waals surface area contributed by atoms with Crippen molar-refractivity contribution in [3.8, 4) is 5.75 Å². The molecule has 170 valence electrons. The Hall–Kier alpha value is -2.83. The van der Waals surface area contributed by atoms with Gasteiger partial charge in [0.25, 0.3) is 5.91 Å². The number of nitrogens with one attached hydrogen (secondary N) is 1. The van der Waals surface area contributed by atoms with Crippen LogP contribution >= 0.6 is 0 Å². The summed E-state index contributed by atoms with van der Waals surface area (Å²) in [4.78, 5) is 27.5. The van der Waals surface area contributed by atoms with Gasteiger partial charge in [0.1, 0.15) is 18.1 Å².